The van der Waals surface area contributed by atoms with Crippen LogP contribution in [0.5, 0.6) is 0 Å². The Balaban J connectivity index is 0.00000225. The number of halogens is 1. The number of hydrogen-bond acceptors (Lipinski definition) is 6. The fraction of sp³-hybridized carbons (Fsp3) is 0.500. The molecule has 3 rings (SSSR count). The van der Waals surface area contributed by atoms with Crippen molar-refractivity contribution in [2.75, 3.05) is 33.4 Å². The highest BCUT2D eigenvalue weighted by atomic mass is 35.5. The maximum absolute atomic E-state index is 12.4. The van der Waals surface area contributed by atoms with E-state index in [1.807, 2.05) is 12.1 Å². The highest BCUT2D eigenvalue weighted by Gasteiger charge is 2.32. The van der Waals surface area contributed by atoms with Crippen molar-refractivity contribution in [1.82, 2.24) is 30.8 Å². The van der Waals surface area contributed by atoms with E-state index in [9.17, 15) is 4.79 Å². The molecule has 2 aromatic rings. The van der Waals surface area contributed by atoms with Crippen LogP contribution in [0.3, 0.4) is 0 Å². The highest BCUT2D eigenvalue weighted by molar-refractivity contribution is 5.94. The smallest absolute Gasteiger partial charge is 0.251 e. The van der Waals surface area contributed by atoms with E-state index in [-0.39, 0.29) is 23.7 Å². The topological polar surface area (TPSA) is 94.0 Å². The number of piperidine rings is 1. The third-order valence-corrected chi connectivity index (χ3v) is 4.48. The molecule has 0 saturated carbocycles. The average molecular weight is 367 g/mol. The number of benzene rings is 1. The second-order valence-corrected chi connectivity index (χ2v) is 6.17. The molecule has 0 unspecified atom stereocenters. The Morgan fingerprint density at radius 1 is 1.32 bits per heavy atom. The molecule has 25 heavy (non-hydrogen) atoms. The summed E-state index contributed by atoms with van der Waals surface area (Å²) < 4.78 is 6.93. The van der Waals surface area contributed by atoms with Gasteiger partial charge in [-0.2, -0.15) is 0 Å². The molecule has 1 amide bonds. The van der Waals surface area contributed by atoms with Crippen molar-refractivity contribution in [3.8, 4) is 5.69 Å². The Bertz CT molecular complexity index is 650. The third kappa shape index (κ3) is 4.75. The Morgan fingerprint density at radius 2 is 2.04 bits per heavy atom. The van der Waals surface area contributed by atoms with E-state index in [2.05, 4.69) is 26.2 Å². The van der Waals surface area contributed by atoms with Gasteiger partial charge in [0, 0.05) is 24.6 Å². The fourth-order valence-electron chi connectivity index (χ4n) is 3.05. The summed E-state index contributed by atoms with van der Waals surface area (Å²) in [5.74, 6) is -0.0766. The molecule has 1 fully saturated rings. The molecule has 2 heterocycles. The molecule has 0 radical (unpaired) electrons. The van der Waals surface area contributed by atoms with Crippen LogP contribution >= 0.6 is 12.4 Å². The molecule has 0 bridgehead atoms. The number of carbonyl (C=O) groups is 1. The standard InChI is InChI=1S/C16H22N6O2.ClH/c1-24-11-16(6-8-17-9-7-16)10-18-15(23)13-2-4-14(5-3-13)22-12-19-20-21-22;/h2-5,12,17H,6-11H2,1H3,(H,18,23);1H. The van der Waals surface area contributed by atoms with Gasteiger partial charge in [0.05, 0.1) is 12.3 Å². The van der Waals surface area contributed by atoms with Crippen molar-refractivity contribution in [3.63, 3.8) is 0 Å². The normalized spacial score (nSPS) is 16.0. The van der Waals surface area contributed by atoms with E-state index < -0.39 is 0 Å². The Morgan fingerprint density at radius 3 is 2.64 bits per heavy atom. The van der Waals surface area contributed by atoms with Crippen molar-refractivity contribution in [1.29, 1.82) is 0 Å². The molecule has 1 aromatic carbocycles. The molecule has 2 N–H and O–H groups in total. The van der Waals surface area contributed by atoms with Crippen LogP contribution in [0.2, 0.25) is 0 Å². The number of nitrogens with one attached hydrogen (secondary N) is 2. The van der Waals surface area contributed by atoms with Crippen LogP contribution in [0.1, 0.15) is 23.2 Å². The van der Waals surface area contributed by atoms with Gasteiger partial charge in [0.2, 0.25) is 0 Å². The summed E-state index contributed by atoms with van der Waals surface area (Å²) in [5, 5.41) is 17.4. The average Bonchev–Trinajstić information content (AvgIpc) is 3.16. The summed E-state index contributed by atoms with van der Waals surface area (Å²) in [4.78, 5) is 12.4. The monoisotopic (exact) mass is 366 g/mol. The predicted octanol–water partition coefficient (Wildman–Crippen LogP) is 0.830. The molecular weight excluding hydrogens is 344 g/mol. The molecule has 136 valence electrons. The van der Waals surface area contributed by atoms with Crippen molar-refractivity contribution in [2.24, 2.45) is 5.41 Å². The number of aromatic nitrogens is 4. The van der Waals surface area contributed by atoms with E-state index in [1.54, 1.807) is 23.9 Å². The largest absolute Gasteiger partial charge is 0.384 e. The SMILES string of the molecule is COCC1(CNC(=O)c2ccc(-n3cnnn3)cc2)CCNCC1.Cl. The second kappa shape index (κ2) is 8.89. The maximum atomic E-state index is 12.4. The third-order valence-electron chi connectivity index (χ3n) is 4.48. The number of tetrazole rings is 1. The minimum absolute atomic E-state index is 0. The Kier molecular flexibility index (Phi) is 6.86. The predicted molar refractivity (Wildman–Crippen MR) is 95.1 cm³/mol. The first-order valence-electron chi connectivity index (χ1n) is 8.04. The molecule has 0 aliphatic carbocycles. The minimum Gasteiger partial charge on any atom is -0.384 e. The summed E-state index contributed by atoms with van der Waals surface area (Å²) in [6, 6.07) is 7.19. The number of hydrogen-bond donors (Lipinski definition) is 2. The first-order valence-corrected chi connectivity index (χ1v) is 8.04. The number of amides is 1. The summed E-state index contributed by atoms with van der Waals surface area (Å²) in [7, 11) is 1.71. The highest BCUT2D eigenvalue weighted by Crippen LogP contribution is 2.28. The lowest BCUT2D eigenvalue weighted by Crippen LogP contribution is -2.47. The zero-order valence-electron chi connectivity index (χ0n) is 14.1. The van der Waals surface area contributed by atoms with Crippen molar-refractivity contribution in [2.45, 2.75) is 12.8 Å². The van der Waals surface area contributed by atoms with Crippen LogP contribution < -0.4 is 10.6 Å². The van der Waals surface area contributed by atoms with Gasteiger partial charge < -0.3 is 15.4 Å². The number of rotatable bonds is 6. The molecule has 1 aliphatic heterocycles. The number of carbonyl (C=O) groups excluding carboxylic acids is 1. The number of ether oxygens (including phenoxy) is 1. The van der Waals surface area contributed by atoms with Crippen molar-refractivity contribution in [3.05, 3.63) is 36.2 Å². The van der Waals surface area contributed by atoms with Crippen molar-refractivity contribution < 1.29 is 9.53 Å². The van der Waals surface area contributed by atoms with Crippen LogP contribution in [0.25, 0.3) is 5.69 Å². The van der Waals surface area contributed by atoms with Crippen LogP contribution in [0.4, 0.5) is 0 Å². The van der Waals surface area contributed by atoms with E-state index in [4.69, 9.17) is 4.74 Å². The van der Waals surface area contributed by atoms with Gasteiger partial charge in [0.1, 0.15) is 6.33 Å². The Hall–Kier alpha value is -2.03. The van der Waals surface area contributed by atoms with E-state index in [0.29, 0.717) is 18.7 Å². The lowest BCUT2D eigenvalue weighted by molar-refractivity contribution is 0.0512. The van der Waals surface area contributed by atoms with Crippen LogP contribution in [0.15, 0.2) is 30.6 Å². The van der Waals surface area contributed by atoms with Gasteiger partial charge in [-0.25, -0.2) is 4.68 Å². The summed E-state index contributed by atoms with van der Waals surface area (Å²) in [6.45, 7) is 3.20. The molecule has 1 aliphatic rings. The van der Waals surface area contributed by atoms with E-state index in [1.165, 1.54) is 6.33 Å². The number of methoxy groups -OCH3 is 1. The van der Waals surface area contributed by atoms with Crippen molar-refractivity contribution >= 4 is 18.3 Å². The van der Waals surface area contributed by atoms with E-state index in [0.717, 1.165) is 31.6 Å². The first-order chi connectivity index (χ1) is 11.7. The summed E-state index contributed by atoms with van der Waals surface area (Å²) in [6.07, 6.45) is 3.51. The zero-order valence-corrected chi connectivity index (χ0v) is 15.0. The molecule has 8 nitrogen and oxygen atoms in total. The van der Waals surface area contributed by atoms with Crippen LogP contribution in [0, 0.1) is 5.41 Å². The van der Waals surface area contributed by atoms with Gasteiger partial charge in [-0.05, 0) is 60.6 Å². The quantitative estimate of drug-likeness (QED) is 0.786. The van der Waals surface area contributed by atoms with Gasteiger partial charge >= 0.3 is 0 Å². The van der Waals surface area contributed by atoms with Gasteiger partial charge in [-0.15, -0.1) is 17.5 Å². The summed E-state index contributed by atoms with van der Waals surface area (Å²) >= 11 is 0. The molecule has 0 spiro atoms. The minimum atomic E-state index is -0.0766. The molecular formula is C16H23ClN6O2. The second-order valence-electron chi connectivity index (χ2n) is 6.17. The lowest BCUT2D eigenvalue weighted by Gasteiger charge is -2.37. The molecule has 1 saturated heterocycles. The number of nitrogens with zero attached hydrogens (tertiary/aromatic N) is 4. The van der Waals surface area contributed by atoms with Gasteiger partial charge in [0.25, 0.3) is 5.91 Å². The molecule has 0 atom stereocenters. The maximum Gasteiger partial charge on any atom is 0.251 e. The molecule has 1 aromatic heterocycles. The van der Waals surface area contributed by atoms with E-state index >= 15 is 0 Å². The molecule has 9 heteroatoms. The lowest BCUT2D eigenvalue weighted by atomic mass is 9.79. The zero-order chi connectivity index (χ0) is 16.8. The fourth-order valence-corrected chi connectivity index (χ4v) is 3.05. The first kappa shape index (κ1) is 19.3. The summed E-state index contributed by atoms with van der Waals surface area (Å²) in [5.41, 5.74) is 1.45. The van der Waals surface area contributed by atoms with Gasteiger partial charge in [-0.3, -0.25) is 4.79 Å². The van der Waals surface area contributed by atoms with Gasteiger partial charge in [-0.1, -0.05) is 0 Å². The van der Waals surface area contributed by atoms with Crippen LogP contribution in [-0.2, 0) is 4.74 Å². The van der Waals surface area contributed by atoms with Gasteiger partial charge in [0.15, 0.2) is 0 Å². The van der Waals surface area contributed by atoms with Crippen LogP contribution in [-0.4, -0.2) is 59.5 Å². The Labute approximate surface area is 152 Å².